The van der Waals surface area contributed by atoms with Gasteiger partial charge >= 0.3 is 0 Å². The number of hydrogen-bond acceptors (Lipinski definition) is 3. The number of hydrogen-bond donors (Lipinski definition) is 1. The fraction of sp³-hybridized carbons (Fsp3) is 0.600. The Morgan fingerprint density at radius 2 is 2.11 bits per heavy atom. The second-order valence-electron chi connectivity index (χ2n) is 5.21. The molecule has 0 spiro atoms. The van der Waals surface area contributed by atoms with Crippen LogP contribution in [-0.4, -0.2) is 32.1 Å². The van der Waals surface area contributed by atoms with E-state index < -0.39 is 0 Å². The topological polar surface area (TPSA) is 15.3 Å². The lowest BCUT2D eigenvalue weighted by molar-refractivity contribution is 0.552. The lowest BCUT2D eigenvalue weighted by Gasteiger charge is -2.20. The van der Waals surface area contributed by atoms with Crippen molar-refractivity contribution in [3.63, 3.8) is 0 Å². The number of rotatable bonds is 8. The standard InChI is InChI=1S/C15H25ClN2S/c1-12(2)10-17-11-13-5-6-14(9-15(13)16)18(3)7-8-19-4/h5-6,9,12,17H,7-8,10-11H2,1-4H3. The molecule has 0 fully saturated rings. The highest BCUT2D eigenvalue weighted by Gasteiger charge is 2.05. The van der Waals surface area contributed by atoms with E-state index in [1.807, 2.05) is 11.8 Å². The van der Waals surface area contributed by atoms with E-state index in [1.165, 1.54) is 11.3 Å². The van der Waals surface area contributed by atoms with Crippen LogP contribution in [-0.2, 0) is 6.54 Å². The van der Waals surface area contributed by atoms with Gasteiger partial charge in [-0.3, -0.25) is 0 Å². The molecule has 0 heterocycles. The van der Waals surface area contributed by atoms with Gasteiger partial charge in [0, 0.05) is 36.6 Å². The SMILES string of the molecule is CSCCN(C)c1ccc(CNCC(C)C)c(Cl)c1. The van der Waals surface area contributed by atoms with Crippen molar-refractivity contribution in [3.05, 3.63) is 28.8 Å². The van der Waals surface area contributed by atoms with Crippen LogP contribution in [0.4, 0.5) is 5.69 Å². The molecular weight excluding hydrogens is 276 g/mol. The second kappa shape index (κ2) is 8.72. The Morgan fingerprint density at radius 3 is 2.68 bits per heavy atom. The number of nitrogens with zero attached hydrogens (tertiary/aromatic N) is 1. The first-order valence-electron chi connectivity index (χ1n) is 6.73. The fourth-order valence-electron chi connectivity index (χ4n) is 1.77. The van der Waals surface area contributed by atoms with E-state index in [4.69, 9.17) is 11.6 Å². The third kappa shape index (κ3) is 6.07. The van der Waals surface area contributed by atoms with E-state index in [2.05, 4.69) is 55.6 Å². The summed E-state index contributed by atoms with van der Waals surface area (Å²) in [5.41, 5.74) is 2.36. The first-order chi connectivity index (χ1) is 9.04. The van der Waals surface area contributed by atoms with Crippen LogP contribution in [0.3, 0.4) is 0 Å². The second-order valence-corrected chi connectivity index (χ2v) is 6.61. The van der Waals surface area contributed by atoms with Gasteiger partial charge in [-0.05, 0) is 36.4 Å². The van der Waals surface area contributed by atoms with Crippen molar-refractivity contribution < 1.29 is 0 Å². The van der Waals surface area contributed by atoms with E-state index in [0.29, 0.717) is 5.92 Å². The van der Waals surface area contributed by atoms with Gasteiger partial charge in [-0.15, -0.1) is 0 Å². The van der Waals surface area contributed by atoms with Crippen LogP contribution < -0.4 is 10.2 Å². The van der Waals surface area contributed by atoms with Gasteiger partial charge in [-0.25, -0.2) is 0 Å². The number of benzene rings is 1. The third-order valence-corrected chi connectivity index (χ3v) is 3.92. The summed E-state index contributed by atoms with van der Waals surface area (Å²) in [6.07, 6.45) is 2.13. The van der Waals surface area contributed by atoms with Crippen LogP contribution in [0.2, 0.25) is 5.02 Å². The van der Waals surface area contributed by atoms with E-state index in [9.17, 15) is 0 Å². The smallest absolute Gasteiger partial charge is 0.0471 e. The van der Waals surface area contributed by atoms with Crippen LogP contribution in [0.15, 0.2) is 18.2 Å². The van der Waals surface area contributed by atoms with Gasteiger partial charge in [0.1, 0.15) is 0 Å². The van der Waals surface area contributed by atoms with Gasteiger partial charge < -0.3 is 10.2 Å². The molecule has 0 saturated carbocycles. The normalized spacial score (nSPS) is 11.1. The summed E-state index contributed by atoms with van der Waals surface area (Å²) in [7, 11) is 2.11. The number of thioether (sulfide) groups is 1. The Morgan fingerprint density at radius 1 is 1.37 bits per heavy atom. The van der Waals surface area contributed by atoms with E-state index >= 15 is 0 Å². The molecule has 108 valence electrons. The lowest BCUT2D eigenvalue weighted by Crippen LogP contribution is -2.21. The maximum atomic E-state index is 6.35. The Hall–Kier alpha value is -0.380. The minimum atomic E-state index is 0.663. The Bertz CT molecular complexity index is 382. The van der Waals surface area contributed by atoms with Gasteiger partial charge in [0.05, 0.1) is 0 Å². The monoisotopic (exact) mass is 300 g/mol. The average molecular weight is 301 g/mol. The molecule has 0 aliphatic carbocycles. The van der Waals surface area contributed by atoms with Crippen LogP contribution in [0.5, 0.6) is 0 Å². The summed E-state index contributed by atoms with van der Waals surface area (Å²) < 4.78 is 0. The van der Waals surface area contributed by atoms with Crippen molar-refractivity contribution in [1.29, 1.82) is 0 Å². The maximum absolute atomic E-state index is 6.35. The van der Waals surface area contributed by atoms with Gasteiger partial charge in [0.15, 0.2) is 0 Å². The Labute approximate surface area is 126 Å². The molecule has 1 N–H and O–H groups in total. The highest BCUT2D eigenvalue weighted by Crippen LogP contribution is 2.23. The molecule has 0 amide bonds. The van der Waals surface area contributed by atoms with Crippen molar-refractivity contribution >= 4 is 29.1 Å². The summed E-state index contributed by atoms with van der Waals surface area (Å²) >= 11 is 8.21. The van der Waals surface area contributed by atoms with E-state index in [-0.39, 0.29) is 0 Å². The molecular formula is C15H25ClN2S. The quantitative estimate of drug-likeness (QED) is 0.784. The Balaban J connectivity index is 2.58. The minimum absolute atomic E-state index is 0.663. The van der Waals surface area contributed by atoms with Crippen LogP contribution >= 0.6 is 23.4 Å². The molecule has 1 aromatic carbocycles. The zero-order valence-electron chi connectivity index (χ0n) is 12.4. The molecule has 1 rings (SSSR count). The molecule has 0 atom stereocenters. The molecule has 0 unspecified atom stereocenters. The maximum Gasteiger partial charge on any atom is 0.0471 e. The number of halogens is 1. The predicted molar refractivity (Wildman–Crippen MR) is 89.6 cm³/mol. The molecule has 1 aromatic rings. The van der Waals surface area contributed by atoms with Crippen molar-refractivity contribution in [3.8, 4) is 0 Å². The third-order valence-electron chi connectivity index (χ3n) is 2.98. The highest BCUT2D eigenvalue weighted by atomic mass is 35.5. The molecule has 0 bridgehead atoms. The van der Waals surface area contributed by atoms with Crippen LogP contribution in [0, 0.1) is 5.92 Å². The minimum Gasteiger partial charge on any atom is -0.374 e. The van der Waals surface area contributed by atoms with Crippen molar-refractivity contribution in [2.24, 2.45) is 5.92 Å². The molecule has 0 aliphatic rings. The molecule has 2 nitrogen and oxygen atoms in total. The largest absolute Gasteiger partial charge is 0.374 e. The molecule has 0 radical (unpaired) electrons. The zero-order chi connectivity index (χ0) is 14.3. The van der Waals surface area contributed by atoms with Crippen LogP contribution in [0.1, 0.15) is 19.4 Å². The van der Waals surface area contributed by atoms with E-state index in [0.717, 1.165) is 30.4 Å². The van der Waals surface area contributed by atoms with Gasteiger partial charge in [0.2, 0.25) is 0 Å². The molecule has 19 heavy (non-hydrogen) atoms. The molecule has 0 aliphatic heterocycles. The summed E-state index contributed by atoms with van der Waals surface area (Å²) in [5, 5.41) is 4.28. The van der Waals surface area contributed by atoms with Gasteiger partial charge in [-0.1, -0.05) is 31.5 Å². The van der Waals surface area contributed by atoms with Crippen molar-refractivity contribution in [2.45, 2.75) is 20.4 Å². The number of nitrogens with one attached hydrogen (secondary N) is 1. The lowest BCUT2D eigenvalue weighted by atomic mass is 10.1. The fourth-order valence-corrected chi connectivity index (χ4v) is 2.47. The predicted octanol–water partition coefficient (Wildman–Crippen LogP) is 3.88. The summed E-state index contributed by atoms with van der Waals surface area (Å²) in [6, 6.07) is 6.34. The average Bonchev–Trinajstić information content (AvgIpc) is 2.37. The van der Waals surface area contributed by atoms with E-state index in [1.54, 1.807) is 0 Å². The molecule has 4 heteroatoms. The summed E-state index contributed by atoms with van der Waals surface area (Å²) in [5.74, 6) is 1.79. The van der Waals surface area contributed by atoms with Crippen LogP contribution in [0.25, 0.3) is 0 Å². The van der Waals surface area contributed by atoms with Crippen molar-refractivity contribution in [1.82, 2.24) is 5.32 Å². The first kappa shape index (κ1) is 16.7. The van der Waals surface area contributed by atoms with Gasteiger partial charge in [-0.2, -0.15) is 11.8 Å². The van der Waals surface area contributed by atoms with Gasteiger partial charge in [0.25, 0.3) is 0 Å². The number of anilines is 1. The molecule has 0 saturated heterocycles. The highest BCUT2D eigenvalue weighted by molar-refractivity contribution is 7.98. The zero-order valence-corrected chi connectivity index (χ0v) is 13.9. The molecule has 0 aromatic heterocycles. The summed E-state index contributed by atoms with van der Waals surface area (Å²) in [4.78, 5) is 2.24. The summed E-state index contributed by atoms with van der Waals surface area (Å²) in [6.45, 7) is 7.32. The Kier molecular flexibility index (Phi) is 7.66. The van der Waals surface area contributed by atoms with Crippen molar-refractivity contribution in [2.75, 3.05) is 37.0 Å². The first-order valence-corrected chi connectivity index (χ1v) is 8.51.